The molecule has 3 aromatic rings. The molecule has 0 amide bonds. The van der Waals surface area contributed by atoms with Crippen LogP contribution in [0.25, 0.3) is 0 Å². The summed E-state index contributed by atoms with van der Waals surface area (Å²) < 4.78 is 11.6. The first-order valence-corrected chi connectivity index (χ1v) is 11.5. The van der Waals surface area contributed by atoms with E-state index >= 15 is 0 Å². The maximum absolute atomic E-state index is 6.14. The topological polar surface area (TPSA) is 46.1 Å². The first-order chi connectivity index (χ1) is 15.9. The lowest BCUT2D eigenvalue weighted by atomic mass is 9.95. The van der Waals surface area contributed by atoms with Gasteiger partial charge in [-0.3, -0.25) is 4.99 Å². The molecule has 2 atom stereocenters. The SMILES string of the molecule is COc1ccc(C2=N[C@H](c3ccc(Cl)cc3)[C@H](c3ccc(Cl)cc3)N2)c(OCCN(C)C)c1. The molecule has 0 saturated heterocycles. The first-order valence-electron chi connectivity index (χ1n) is 10.8. The smallest absolute Gasteiger partial charge is 0.133 e. The van der Waals surface area contributed by atoms with Crippen LogP contribution in [0.1, 0.15) is 28.8 Å². The fourth-order valence-corrected chi connectivity index (χ4v) is 4.02. The Labute approximate surface area is 204 Å². The lowest BCUT2D eigenvalue weighted by Gasteiger charge is -2.20. The summed E-state index contributed by atoms with van der Waals surface area (Å²) in [6.45, 7) is 1.36. The second-order valence-corrected chi connectivity index (χ2v) is 9.03. The van der Waals surface area contributed by atoms with Gasteiger partial charge < -0.3 is 19.7 Å². The summed E-state index contributed by atoms with van der Waals surface area (Å²) in [6, 6.07) is 21.3. The average molecular weight is 484 g/mol. The lowest BCUT2D eigenvalue weighted by Crippen LogP contribution is -2.26. The highest BCUT2D eigenvalue weighted by molar-refractivity contribution is 6.30. The number of hydrogen-bond donors (Lipinski definition) is 1. The number of methoxy groups -OCH3 is 1. The van der Waals surface area contributed by atoms with Gasteiger partial charge in [0.15, 0.2) is 0 Å². The quantitative estimate of drug-likeness (QED) is 0.441. The zero-order valence-corrected chi connectivity index (χ0v) is 20.4. The van der Waals surface area contributed by atoms with E-state index in [1.54, 1.807) is 7.11 Å². The summed E-state index contributed by atoms with van der Waals surface area (Å²) in [5.74, 6) is 2.24. The molecule has 0 fully saturated rings. The van der Waals surface area contributed by atoms with Gasteiger partial charge in [-0.2, -0.15) is 0 Å². The molecule has 0 bridgehead atoms. The van der Waals surface area contributed by atoms with Gasteiger partial charge >= 0.3 is 0 Å². The fourth-order valence-electron chi connectivity index (χ4n) is 3.77. The zero-order chi connectivity index (χ0) is 23.4. The van der Waals surface area contributed by atoms with Crippen molar-refractivity contribution in [3.05, 3.63) is 93.5 Å². The van der Waals surface area contributed by atoms with Gasteiger partial charge in [-0.15, -0.1) is 0 Å². The summed E-state index contributed by atoms with van der Waals surface area (Å²) in [6.07, 6.45) is 0. The van der Waals surface area contributed by atoms with Crippen molar-refractivity contribution in [3.8, 4) is 11.5 Å². The molecule has 1 aliphatic heterocycles. The number of nitrogens with zero attached hydrogens (tertiary/aromatic N) is 2. The number of aliphatic imine (C=N–C) groups is 1. The van der Waals surface area contributed by atoms with Crippen LogP contribution in [0.5, 0.6) is 11.5 Å². The minimum Gasteiger partial charge on any atom is -0.497 e. The van der Waals surface area contributed by atoms with Crippen LogP contribution in [-0.4, -0.2) is 45.1 Å². The Hall–Kier alpha value is -2.73. The summed E-state index contributed by atoms with van der Waals surface area (Å²) in [7, 11) is 5.69. The van der Waals surface area contributed by atoms with Gasteiger partial charge in [-0.05, 0) is 61.6 Å². The van der Waals surface area contributed by atoms with E-state index in [2.05, 4.69) is 10.2 Å². The third kappa shape index (κ3) is 5.61. The zero-order valence-electron chi connectivity index (χ0n) is 18.9. The monoisotopic (exact) mass is 483 g/mol. The Kier molecular flexibility index (Phi) is 7.43. The van der Waals surface area contributed by atoms with Crippen LogP contribution in [0.4, 0.5) is 0 Å². The third-order valence-electron chi connectivity index (χ3n) is 5.56. The van der Waals surface area contributed by atoms with Gasteiger partial charge in [0, 0.05) is 22.7 Å². The predicted molar refractivity (Wildman–Crippen MR) is 135 cm³/mol. The van der Waals surface area contributed by atoms with E-state index in [0.29, 0.717) is 16.7 Å². The molecule has 0 aliphatic carbocycles. The molecular formula is C26H27Cl2N3O2. The largest absolute Gasteiger partial charge is 0.497 e. The van der Waals surface area contributed by atoms with E-state index in [4.69, 9.17) is 37.7 Å². The van der Waals surface area contributed by atoms with Crippen molar-refractivity contribution in [2.75, 3.05) is 34.4 Å². The van der Waals surface area contributed by atoms with Crippen LogP contribution >= 0.6 is 23.2 Å². The van der Waals surface area contributed by atoms with Gasteiger partial charge in [0.1, 0.15) is 30.0 Å². The maximum atomic E-state index is 6.14. The van der Waals surface area contributed by atoms with Crippen molar-refractivity contribution in [1.29, 1.82) is 0 Å². The van der Waals surface area contributed by atoms with E-state index in [-0.39, 0.29) is 12.1 Å². The van der Waals surface area contributed by atoms with Crippen LogP contribution in [0.2, 0.25) is 10.0 Å². The van der Waals surface area contributed by atoms with Gasteiger partial charge in [-0.1, -0.05) is 47.5 Å². The molecule has 33 heavy (non-hydrogen) atoms. The number of rotatable bonds is 8. The van der Waals surface area contributed by atoms with Crippen LogP contribution in [0, 0.1) is 0 Å². The lowest BCUT2D eigenvalue weighted by molar-refractivity contribution is 0.260. The van der Waals surface area contributed by atoms with Gasteiger partial charge in [0.2, 0.25) is 0 Å². The highest BCUT2D eigenvalue weighted by atomic mass is 35.5. The van der Waals surface area contributed by atoms with Crippen LogP contribution in [0.3, 0.4) is 0 Å². The number of nitrogens with one attached hydrogen (secondary N) is 1. The van der Waals surface area contributed by atoms with Crippen molar-refractivity contribution >= 4 is 29.0 Å². The van der Waals surface area contributed by atoms with Crippen molar-refractivity contribution in [2.45, 2.75) is 12.1 Å². The Morgan fingerprint density at radius 2 is 1.55 bits per heavy atom. The van der Waals surface area contributed by atoms with E-state index < -0.39 is 0 Å². The second kappa shape index (κ2) is 10.5. The summed E-state index contributed by atoms with van der Waals surface area (Å²) >= 11 is 12.3. The molecule has 1 heterocycles. The molecule has 0 aromatic heterocycles. The Morgan fingerprint density at radius 1 is 0.909 bits per heavy atom. The fraction of sp³-hybridized carbons (Fsp3) is 0.269. The molecule has 1 aliphatic rings. The van der Waals surface area contributed by atoms with E-state index in [9.17, 15) is 0 Å². The minimum atomic E-state index is -0.129. The van der Waals surface area contributed by atoms with Crippen LogP contribution < -0.4 is 14.8 Å². The Balaban J connectivity index is 1.71. The van der Waals surface area contributed by atoms with Crippen molar-refractivity contribution in [2.24, 2.45) is 4.99 Å². The van der Waals surface area contributed by atoms with E-state index in [1.807, 2.05) is 80.8 Å². The molecule has 3 aromatic carbocycles. The van der Waals surface area contributed by atoms with Gasteiger partial charge in [0.05, 0.1) is 18.7 Å². The van der Waals surface area contributed by atoms with Crippen molar-refractivity contribution in [1.82, 2.24) is 10.2 Å². The third-order valence-corrected chi connectivity index (χ3v) is 6.06. The number of ether oxygens (including phenoxy) is 2. The normalized spacial score (nSPS) is 17.6. The average Bonchev–Trinajstić information content (AvgIpc) is 3.25. The molecule has 172 valence electrons. The number of amidine groups is 1. The van der Waals surface area contributed by atoms with Crippen LogP contribution in [0.15, 0.2) is 71.7 Å². The van der Waals surface area contributed by atoms with Crippen molar-refractivity contribution < 1.29 is 9.47 Å². The molecule has 0 saturated carbocycles. The van der Waals surface area contributed by atoms with Crippen molar-refractivity contribution in [3.63, 3.8) is 0 Å². The Morgan fingerprint density at radius 3 is 2.15 bits per heavy atom. The number of likely N-dealkylation sites (N-methyl/N-ethyl adjacent to an activating group) is 1. The Bertz CT molecular complexity index is 1120. The maximum Gasteiger partial charge on any atom is 0.133 e. The molecule has 0 radical (unpaired) electrons. The predicted octanol–water partition coefficient (Wildman–Crippen LogP) is 5.77. The number of hydrogen-bond acceptors (Lipinski definition) is 5. The van der Waals surface area contributed by atoms with Gasteiger partial charge in [-0.25, -0.2) is 0 Å². The highest BCUT2D eigenvalue weighted by Gasteiger charge is 2.33. The first kappa shape index (κ1) is 23.4. The summed E-state index contributed by atoms with van der Waals surface area (Å²) in [5.41, 5.74) is 3.07. The van der Waals surface area contributed by atoms with E-state index in [1.165, 1.54) is 0 Å². The summed E-state index contributed by atoms with van der Waals surface area (Å²) in [5, 5.41) is 5.03. The summed E-state index contributed by atoms with van der Waals surface area (Å²) in [4.78, 5) is 7.18. The molecule has 7 heteroatoms. The van der Waals surface area contributed by atoms with E-state index in [0.717, 1.165) is 40.6 Å². The standard InChI is InChI=1S/C26H27Cl2N3O2/c1-31(2)14-15-33-23-16-21(32-3)12-13-22(23)26-29-24(17-4-8-19(27)9-5-17)25(30-26)18-6-10-20(28)11-7-18/h4-13,16,24-25H,14-15H2,1-3H3,(H,29,30)/t24-,25+. The molecule has 4 rings (SSSR count). The van der Waals surface area contributed by atoms with Crippen LogP contribution in [-0.2, 0) is 0 Å². The second-order valence-electron chi connectivity index (χ2n) is 8.16. The number of halogens is 2. The molecule has 0 unspecified atom stereocenters. The molecule has 0 spiro atoms. The number of benzene rings is 3. The molecule has 5 nitrogen and oxygen atoms in total. The van der Waals surface area contributed by atoms with Gasteiger partial charge in [0.25, 0.3) is 0 Å². The molecular weight excluding hydrogens is 457 g/mol. The molecule has 1 N–H and O–H groups in total. The minimum absolute atomic E-state index is 0.0600. The highest BCUT2D eigenvalue weighted by Crippen LogP contribution is 2.39.